The molecular weight excluding hydrogens is 260 g/mol. The van der Waals surface area contributed by atoms with Gasteiger partial charge in [0.2, 0.25) is 5.91 Å². The van der Waals surface area contributed by atoms with Crippen molar-refractivity contribution in [3.63, 3.8) is 0 Å². The Bertz CT molecular complexity index is 652. The van der Waals surface area contributed by atoms with Gasteiger partial charge in [-0.2, -0.15) is 5.10 Å². The normalized spacial score (nSPS) is 16.4. The van der Waals surface area contributed by atoms with Gasteiger partial charge in [-0.05, 0) is 23.6 Å². The number of rotatable bonds is 3. The number of nitrogens with zero attached hydrogens (tertiary/aromatic N) is 1. The van der Waals surface area contributed by atoms with Crippen molar-refractivity contribution < 1.29 is 4.79 Å². The van der Waals surface area contributed by atoms with E-state index in [1.807, 2.05) is 24.3 Å². The summed E-state index contributed by atoms with van der Waals surface area (Å²) in [6.45, 7) is 0. The third kappa shape index (κ3) is 3.30. The molecule has 0 bridgehead atoms. The monoisotopic (exact) mass is 280 g/mol. The third-order valence-electron chi connectivity index (χ3n) is 4.18. The molecule has 21 heavy (non-hydrogen) atoms. The van der Waals surface area contributed by atoms with Gasteiger partial charge < -0.3 is 0 Å². The third-order valence-corrected chi connectivity index (χ3v) is 4.18. The predicted molar refractivity (Wildman–Crippen MR) is 86.3 cm³/mol. The summed E-state index contributed by atoms with van der Waals surface area (Å²) in [7, 11) is 0. The second-order valence-corrected chi connectivity index (χ2v) is 5.64. The van der Waals surface area contributed by atoms with E-state index in [1.165, 1.54) is 11.8 Å². The zero-order valence-corrected chi connectivity index (χ0v) is 12.1. The maximum Gasteiger partial charge on any atom is 0.243 e. The van der Waals surface area contributed by atoms with Gasteiger partial charge in [-0.3, -0.25) is 4.79 Å². The Kier molecular flexibility index (Phi) is 4.29. The molecule has 2 aromatic carbocycles. The summed E-state index contributed by atoms with van der Waals surface area (Å²) < 4.78 is 0. The van der Waals surface area contributed by atoms with Crippen LogP contribution in [0.25, 0.3) is 10.8 Å². The lowest BCUT2D eigenvalue weighted by Gasteiger charge is -2.19. The Labute approximate surface area is 125 Å². The van der Waals surface area contributed by atoms with Gasteiger partial charge in [-0.15, -0.1) is 0 Å². The highest BCUT2D eigenvalue weighted by Gasteiger charge is 2.20. The molecule has 3 nitrogen and oxygen atoms in total. The number of carbonyl (C=O) groups is 1. The minimum absolute atomic E-state index is 0.0613. The molecule has 0 spiro atoms. The van der Waals surface area contributed by atoms with Crippen LogP contribution in [0.4, 0.5) is 0 Å². The second-order valence-electron chi connectivity index (χ2n) is 5.64. The molecule has 0 unspecified atom stereocenters. The summed E-state index contributed by atoms with van der Waals surface area (Å²) in [5, 5.41) is 6.47. The molecule has 3 heteroatoms. The first-order valence-corrected chi connectivity index (χ1v) is 7.65. The first-order chi connectivity index (χ1) is 10.3. The van der Waals surface area contributed by atoms with Crippen LogP contribution in [-0.4, -0.2) is 12.1 Å². The van der Waals surface area contributed by atoms with E-state index in [1.54, 1.807) is 6.21 Å². The SMILES string of the molecule is O=C(N/N=C/c1cccc2ccccc12)C1CCCCC1. The van der Waals surface area contributed by atoms with E-state index in [0.717, 1.165) is 36.6 Å². The standard InChI is InChI=1S/C18H20N2O/c21-18(15-8-2-1-3-9-15)20-19-13-16-11-6-10-14-7-4-5-12-17(14)16/h4-7,10-13,15H,1-3,8-9H2,(H,20,21)/b19-13+. The lowest BCUT2D eigenvalue weighted by molar-refractivity contribution is -0.125. The number of hydrazone groups is 1. The summed E-state index contributed by atoms with van der Waals surface area (Å²) in [4.78, 5) is 12.0. The largest absolute Gasteiger partial charge is 0.273 e. The van der Waals surface area contributed by atoms with Gasteiger partial charge in [0.25, 0.3) is 0 Å². The smallest absolute Gasteiger partial charge is 0.243 e. The van der Waals surface area contributed by atoms with Gasteiger partial charge in [0.05, 0.1) is 6.21 Å². The molecule has 0 saturated heterocycles. The van der Waals surface area contributed by atoms with Crippen molar-refractivity contribution >= 4 is 22.9 Å². The van der Waals surface area contributed by atoms with Crippen LogP contribution in [0, 0.1) is 5.92 Å². The molecule has 108 valence electrons. The zero-order valence-electron chi connectivity index (χ0n) is 12.1. The Balaban J connectivity index is 1.69. The first-order valence-electron chi connectivity index (χ1n) is 7.65. The summed E-state index contributed by atoms with van der Waals surface area (Å²) in [5.41, 5.74) is 3.72. The van der Waals surface area contributed by atoms with Crippen molar-refractivity contribution in [3.05, 3.63) is 48.0 Å². The molecule has 1 aliphatic carbocycles. The van der Waals surface area contributed by atoms with Gasteiger partial charge in [-0.25, -0.2) is 5.43 Å². The Morgan fingerprint density at radius 2 is 1.81 bits per heavy atom. The Morgan fingerprint density at radius 1 is 1.05 bits per heavy atom. The minimum atomic E-state index is 0.0613. The van der Waals surface area contributed by atoms with Crippen LogP contribution < -0.4 is 5.43 Å². The highest BCUT2D eigenvalue weighted by atomic mass is 16.2. The van der Waals surface area contributed by atoms with Crippen LogP contribution in [0.5, 0.6) is 0 Å². The van der Waals surface area contributed by atoms with Gasteiger partial charge in [0.1, 0.15) is 0 Å². The molecule has 0 heterocycles. The summed E-state index contributed by atoms with van der Waals surface area (Å²) >= 11 is 0. The average Bonchev–Trinajstić information content (AvgIpc) is 2.56. The molecule has 3 rings (SSSR count). The van der Waals surface area contributed by atoms with Crippen LogP contribution >= 0.6 is 0 Å². The summed E-state index contributed by atoms with van der Waals surface area (Å²) in [5.74, 6) is 0.203. The minimum Gasteiger partial charge on any atom is -0.273 e. The molecule has 1 aliphatic rings. The number of carbonyl (C=O) groups excluding carboxylic acids is 1. The second kappa shape index (κ2) is 6.53. The van der Waals surface area contributed by atoms with Crippen LogP contribution in [-0.2, 0) is 4.79 Å². The van der Waals surface area contributed by atoms with E-state index in [0.29, 0.717) is 0 Å². The van der Waals surface area contributed by atoms with Crippen LogP contribution in [0.3, 0.4) is 0 Å². The molecule has 2 aromatic rings. The highest BCUT2D eigenvalue weighted by molar-refractivity contribution is 5.99. The molecule has 1 amide bonds. The molecule has 0 aliphatic heterocycles. The fraction of sp³-hybridized carbons (Fsp3) is 0.333. The summed E-state index contributed by atoms with van der Waals surface area (Å²) in [6.07, 6.45) is 7.30. The van der Waals surface area contributed by atoms with Crippen molar-refractivity contribution in [3.8, 4) is 0 Å². The van der Waals surface area contributed by atoms with E-state index in [2.05, 4.69) is 28.7 Å². The fourth-order valence-corrected chi connectivity index (χ4v) is 2.98. The van der Waals surface area contributed by atoms with Crippen LogP contribution in [0.2, 0.25) is 0 Å². The molecular formula is C18H20N2O. The van der Waals surface area contributed by atoms with Crippen molar-refractivity contribution in [2.24, 2.45) is 11.0 Å². The Hall–Kier alpha value is -2.16. The summed E-state index contributed by atoms with van der Waals surface area (Å²) in [6, 6.07) is 14.3. The first kappa shape index (κ1) is 13.8. The molecule has 1 saturated carbocycles. The fourth-order valence-electron chi connectivity index (χ4n) is 2.98. The quantitative estimate of drug-likeness (QED) is 0.673. The lowest BCUT2D eigenvalue weighted by atomic mass is 9.89. The van der Waals surface area contributed by atoms with Crippen molar-refractivity contribution in [1.82, 2.24) is 5.43 Å². The number of benzene rings is 2. The topological polar surface area (TPSA) is 41.5 Å². The van der Waals surface area contributed by atoms with Gasteiger partial charge in [-0.1, -0.05) is 61.7 Å². The van der Waals surface area contributed by atoms with Crippen molar-refractivity contribution in [2.75, 3.05) is 0 Å². The van der Waals surface area contributed by atoms with E-state index in [9.17, 15) is 4.79 Å². The highest BCUT2D eigenvalue weighted by Crippen LogP contribution is 2.23. The maximum absolute atomic E-state index is 12.0. The molecule has 0 radical (unpaired) electrons. The number of amides is 1. The molecule has 1 N–H and O–H groups in total. The van der Waals surface area contributed by atoms with E-state index >= 15 is 0 Å². The lowest BCUT2D eigenvalue weighted by Crippen LogP contribution is -2.28. The van der Waals surface area contributed by atoms with E-state index in [4.69, 9.17) is 0 Å². The number of nitrogens with one attached hydrogen (secondary N) is 1. The van der Waals surface area contributed by atoms with Crippen LogP contribution in [0.15, 0.2) is 47.6 Å². The molecule has 0 atom stereocenters. The Morgan fingerprint density at radius 3 is 2.67 bits per heavy atom. The molecule has 0 aromatic heterocycles. The van der Waals surface area contributed by atoms with E-state index < -0.39 is 0 Å². The number of hydrogen-bond acceptors (Lipinski definition) is 2. The predicted octanol–water partition coefficient (Wildman–Crippen LogP) is 3.87. The maximum atomic E-state index is 12.0. The zero-order chi connectivity index (χ0) is 14.5. The van der Waals surface area contributed by atoms with Gasteiger partial charge >= 0.3 is 0 Å². The van der Waals surface area contributed by atoms with Gasteiger partial charge in [0, 0.05) is 11.5 Å². The van der Waals surface area contributed by atoms with Gasteiger partial charge in [0.15, 0.2) is 0 Å². The van der Waals surface area contributed by atoms with Crippen LogP contribution in [0.1, 0.15) is 37.7 Å². The number of fused-ring (bicyclic) bond motifs is 1. The van der Waals surface area contributed by atoms with Crippen molar-refractivity contribution in [2.45, 2.75) is 32.1 Å². The van der Waals surface area contributed by atoms with Crippen molar-refractivity contribution in [1.29, 1.82) is 0 Å². The molecule has 1 fully saturated rings. The number of hydrogen-bond donors (Lipinski definition) is 1. The average molecular weight is 280 g/mol. The van der Waals surface area contributed by atoms with E-state index in [-0.39, 0.29) is 11.8 Å².